The van der Waals surface area contributed by atoms with Crippen LogP contribution in [0.15, 0.2) is 51.7 Å². The van der Waals surface area contributed by atoms with Crippen LogP contribution in [0.5, 0.6) is 0 Å². The summed E-state index contributed by atoms with van der Waals surface area (Å²) < 4.78 is 6.21. The Bertz CT molecular complexity index is 1030. The highest BCUT2D eigenvalue weighted by Gasteiger charge is 2.15. The van der Waals surface area contributed by atoms with E-state index in [1.165, 1.54) is 22.8 Å². The zero-order chi connectivity index (χ0) is 18.8. The fraction of sp³-hybridized carbons (Fsp3) is 0.211. The van der Waals surface area contributed by atoms with Crippen molar-refractivity contribution in [1.82, 2.24) is 4.57 Å². The van der Waals surface area contributed by atoms with Gasteiger partial charge in [-0.3, -0.25) is 9.36 Å². The van der Waals surface area contributed by atoms with E-state index in [1.54, 1.807) is 0 Å². The first-order chi connectivity index (χ1) is 12.3. The van der Waals surface area contributed by atoms with Crippen LogP contribution in [0.25, 0.3) is 11.1 Å². The Morgan fingerprint density at radius 3 is 2.46 bits per heavy atom. The van der Waals surface area contributed by atoms with E-state index in [2.05, 4.69) is 19.2 Å². The lowest BCUT2D eigenvalue weighted by Crippen LogP contribution is -2.24. The Hall–Kier alpha value is -3.35. The number of nitrogens with zero attached hydrogens (tertiary/aromatic N) is 1. The molecule has 0 fully saturated rings. The van der Waals surface area contributed by atoms with Crippen molar-refractivity contribution >= 4 is 28.7 Å². The monoisotopic (exact) mass is 354 g/mol. The number of anilines is 1. The topological polar surface area (TPSA) is 102 Å². The minimum absolute atomic E-state index is 0.00749. The van der Waals surface area contributed by atoms with Crippen molar-refractivity contribution < 1.29 is 19.1 Å². The maximum absolute atomic E-state index is 12.3. The average molecular weight is 354 g/mol. The molecule has 26 heavy (non-hydrogen) atoms. The highest BCUT2D eigenvalue weighted by Crippen LogP contribution is 2.18. The maximum Gasteiger partial charge on any atom is 0.420 e. The number of hydrogen-bond acceptors (Lipinski definition) is 4. The summed E-state index contributed by atoms with van der Waals surface area (Å²) in [6.07, 6.45) is 0. The molecule has 0 aliphatic rings. The van der Waals surface area contributed by atoms with Gasteiger partial charge in [-0.05, 0) is 41.8 Å². The van der Waals surface area contributed by atoms with E-state index in [1.807, 2.05) is 24.3 Å². The molecule has 1 heterocycles. The van der Waals surface area contributed by atoms with Crippen LogP contribution in [0.2, 0.25) is 0 Å². The third-order valence-electron chi connectivity index (χ3n) is 4.08. The van der Waals surface area contributed by atoms with Gasteiger partial charge in [0.25, 0.3) is 0 Å². The summed E-state index contributed by atoms with van der Waals surface area (Å²) >= 11 is 0. The molecule has 7 nitrogen and oxygen atoms in total. The highest BCUT2D eigenvalue weighted by atomic mass is 16.4. The van der Waals surface area contributed by atoms with Crippen LogP contribution in [0.1, 0.15) is 35.7 Å². The van der Waals surface area contributed by atoms with E-state index in [0.717, 1.165) is 5.56 Å². The smallest absolute Gasteiger partial charge is 0.420 e. The Balaban J connectivity index is 1.79. The number of carbonyl (C=O) groups excluding carboxylic acids is 1. The number of rotatable bonds is 5. The molecule has 0 radical (unpaired) electrons. The maximum atomic E-state index is 12.3. The van der Waals surface area contributed by atoms with Gasteiger partial charge in [-0.2, -0.15) is 0 Å². The molecule has 2 aromatic carbocycles. The molecule has 1 aromatic heterocycles. The molecule has 0 saturated carbocycles. The summed E-state index contributed by atoms with van der Waals surface area (Å²) in [6, 6.07) is 11.6. The minimum Gasteiger partial charge on any atom is -0.478 e. The molecule has 134 valence electrons. The van der Waals surface area contributed by atoms with E-state index in [4.69, 9.17) is 9.52 Å². The summed E-state index contributed by atoms with van der Waals surface area (Å²) in [5, 5.41) is 11.7. The second-order valence-corrected chi connectivity index (χ2v) is 6.27. The number of fused-ring (bicyclic) bond motifs is 1. The van der Waals surface area contributed by atoms with Crippen molar-refractivity contribution in [2.75, 3.05) is 5.32 Å². The summed E-state index contributed by atoms with van der Waals surface area (Å²) in [5.41, 5.74) is 2.30. The molecule has 1 amide bonds. The van der Waals surface area contributed by atoms with Gasteiger partial charge in [0.2, 0.25) is 5.91 Å². The van der Waals surface area contributed by atoms with Crippen LogP contribution >= 0.6 is 0 Å². The molecule has 7 heteroatoms. The predicted molar refractivity (Wildman–Crippen MR) is 96.6 cm³/mol. The van der Waals surface area contributed by atoms with Gasteiger partial charge in [0.1, 0.15) is 6.54 Å². The number of oxazole rings is 1. The summed E-state index contributed by atoms with van der Waals surface area (Å²) in [6.45, 7) is 3.93. The fourth-order valence-electron chi connectivity index (χ4n) is 2.64. The van der Waals surface area contributed by atoms with E-state index in [0.29, 0.717) is 17.1 Å². The van der Waals surface area contributed by atoms with Crippen LogP contribution in [0.3, 0.4) is 0 Å². The number of carbonyl (C=O) groups is 2. The van der Waals surface area contributed by atoms with Crippen LogP contribution in [0.4, 0.5) is 5.69 Å². The lowest BCUT2D eigenvalue weighted by Gasteiger charge is -2.08. The quantitative estimate of drug-likeness (QED) is 0.733. The molecule has 3 aromatic rings. The lowest BCUT2D eigenvalue weighted by atomic mass is 10.0. The van der Waals surface area contributed by atoms with Gasteiger partial charge < -0.3 is 14.8 Å². The summed E-state index contributed by atoms with van der Waals surface area (Å²) in [7, 11) is 0. The van der Waals surface area contributed by atoms with E-state index < -0.39 is 11.7 Å². The number of hydrogen-bond donors (Lipinski definition) is 2. The van der Waals surface area contributed by atoms with Crippen molar-refractivity contribution in [2.45, 2.75) is 26.3 Å². The molecular formula is C19H18N2O5. The van der Waals surface area contributed by atoms with Gasteiger partial charge in [-0.15, -0.1) is 0 Å². The number of carboxylic acid groups (broad SMARTS) is 1. The number of benzene rings is 2. The summed E-state index contributed by atoms with van der Waals surface area (Å²) in [5.74, 6) is -1.82. The average Bonchev–Trinajstić information content (AvgIpc) is 2.90. The molecule has 0 atom stereocenters. The van der Waals surface area contributed by atoms with Gasteiger partial charge in [0, 0.05) is 5.69 Å². The Morgan fingerprint density at radius 1 is 1.15 bits per heavy atom. The largest absolute Gasteiger partial charge is 0.478 e. The van der Waals surface area contributed by atoms with Crippen LogP contribution in [-0.2, 0) is 11.3 Å². The zero-order valence-corrected chi connectivity index (χ0v) is 14.4. The minimum atomic E-state index is -1.12. The fourth-order valence-corrected chi connectivity index (χ4v) is 2.64. The first-order valence-electron chi connectivity index (χ1n) is 8.11. The van der Waals surface area contributed by atoms with Crippen molar-refractivity contribution in [2.24, 2.45) is 0 Å². The van der Waals surface area contributed by atoms with Gasteiger partial charge in [0.05, 0.1) is 11.1 Å². The number of aromatic carboxylic acids is 1. The predicted octanol–water partition coefficient (Wildman–Crippen LogP) is 3.05. The number of amides is 1. The highest BCUT2D eigenvalue weighted by molar-refractivity contribution is 5.93. The lowest BCUT2D eigenvalue weighted by molar-refractivity contribution is -0.116. The second-order valence-electron chi connectivity index (χ2n) is 6.27. The molecular weight excluding hydrogens is 336 g/mol. The van der Waals surface area contributed by atoms with E-state index in [-0.39, 0.29) is 23.6 Å². The molecule has 0 aliphatic carbocycles. The second kappa shape index (κ2) is 6.87. The van der Waals surface area contributed by atoms with Crippen molar-refractivity contribution in [3.8, 4) is 0 Å². The van der Waals surface area contributed by atoms with Gasteiger partial charge in [0.15, 0.2) is 5.58 Å². The first-order valence-corrected chi connectivity index (χ1v) is 8.11. The van der Waals surface area contributed by atoms with Crippen molar-refractivity contribution in [3.63, 3.8) is 0 Å². The van der Waals surface area contributed by atoms with E-state index >= 15 is 0 Å². The Morgan fingerprint density at radius 2 is 1.85 bits per heavy atom. The van der Waals surface area contributed by atoms with Crippen LogP contribution in [0, 0.1) is 0 Å². The number of aromatic nitrogens is 1. The Kier molecular flexibility index (Phi) is 4.62. The number of carboxylic acids is 1. The van der Waals surface area contributed by atoms with Crippen molar-refractivity contribution in [3.05, 3.63) is 64.1 Å². The molecule has 0 bridgehead atoms. The summed E-state index contributed by atoms with van der Waals surface area (Å²) in [4.78, 5) is 35.3. The van der Waals surface area contributed by atoms with Gasteiger partial charge in [-0.1, -0.05) is 26.0 Å². The SMILES string of the molecule is CC(C)c1ccc(NC(=O)Cn2c(=O)oc3cc(C(=O)O)ccc32)cc1. The first kappa shape index (κ1) is 17.5. The molecule has 3 rings (SSSR count). The normalized spacial score (nSPS) is 11.0. The molecule has 2 N–H and O–H groups in total. The zero-order valence-electron chi connectivity index (χ0n) is 14.4. The third-order valence-corrected chi connectivity index (χ3v) is 4.08. The molecule has 0 unspecified atom stereocenters. The van der Waals surface area contributed by atoms with Gasteiger partial charge >= 0.3 is 11.7 Å². The van der Waals surface area contributed by atoms with E-state index in [9.17, 15) is 14.4 Å². The van der Waals surface area contributed by atoms with Crippen molar-refractivity contribution in [1.29, 1.82) is 0 Å². The molecule has 0 saturated heterocycles. The molecule has 0 aliphatic heterocycles. The number of nitrogens with one attached hydrogen (secondary N) is 1. The van der Waals surface area contributed by atoms with Crippen LogP contribution in [-0.4, -0.2) is 21.6 Å². The Labute approximate surface area is 148 Å². The van der Waals surface area contributed by atoms with Gasteiger partial charge in [-0.25, -0.2) is 9.59 Å². The molecule has 0 spiro atoms. The van der Waals surface area contributed by atoms with Crippen LogP contribution < -0.4 is 11.1 Å². The third kappa shape index (κ3) is 3.51. The standard InChI is InChI=1S/C19H18N2O5/c1-11(2)12-3-6-14(7-4-12)20-17(22)10-21-15-8-5-13(18(23)24)9-16(15)26-19(21)25/h3-9,11H,10H2,1-2H3,(H,20,22)(H,23,24).